The van der Waals surface area contributed by atoms with Crippen LogP contribution in [0.2, 0.25) is 5.02 Å². The molecule has 212 valence electrons. The number of aromatic nitrogens is 2. The van der Waals surface area contributed by atoms with Crippen LogP contribution in [0.5, 0.6) is 5.75 Å². The number of carbonyl (C=O) groups excluding carboxylic acids is 2. The van der Waals surface area contributed by atoms with Crippen molar-refractivity contribution >= 4 is 34.4 Å². The lowest BCUT2D eigenvalue weighted by atomic mass is 9.84. The molecule has 2 fully saturated rings. The molecule has 9 nitrogen and oxygen atoms in total. The van der Waals surface area contributed by atoms with Crippen molar-refractivity contribution in [2.75, 3.05) is 39.3 Å². The van der Waals surface area contributed by atoms with E-state index in [1.165, 1.54) is 16.8 Å². The summed E-state index contributed by atoms with van der Waals surface area (Å²) >= 11 is 5.95. The van der Waals surface area contributed by atoms with Crippen molar-refractivity contribution in [2.45, 2.75) is 39.5 Å². The Balaban J connectivity index is 1.39. The summed E-state index contributed by atoms with van der Waals surface area (Å²) < 4.78 is 20.6. The maximum Gasteiger partial charge on any atom is 0.265 e. The maximum atomic E-state index is 13.5. The van der Waals surface area contributed by atoms with E-state index in [2.05, 4.69) is 24.1 Å². The first kappa shape index (κ1) is 28.0. The average Bonchev–Trinajstić information content (AvgIpc) is 3.32. The van der Waals surface area contributed by atoms with E-state index in [1.54, 1.807) is 35.2 Å². The van der Waals surface area contributed by atoms with E-state index < -0.39 is 17.6 Å². The highest BCUT2D eigenvalue weighted by Gasteiger charge is 2.37. The van der Waals surface area contributed by atoms with E-state index in [0.717, 1.165) is 5.56 Å². The normalized spacial score (nSPS) is 18.5. The lowest BCUT2D eigenvalue weighted by Crippen LogP contribution is -2.56. The molecule has 0 bridgehead atoms. The van der Waals surface area contributed by atoms with Crippen LogP contribution in [0.4, 0.5) is 4.39 Å². The van der Waals surface area contributed by atoms with E-state index in [9.17, 15) is 18.8 Å². The number of pyridine rings is 2. The molecule has 0 aliphatic carbocycles. The predicted octanol–water partition coefficient (Wildman–Crippen LogP) is 3.27. The van der Waals surface area contributed by atoms with Crippen molar-refractivity contribution < 1.29 is 18.7 Å². The van der Waals surface area contributed by atoms with Gasteiger partial charge in [0.2, 0.25) is 5.91 Å². The number of alkyl halides is 1. The molecule has 4 heterocycles. The smallest absolute Gasteiger partial charge is 0.265 e. The Kier molecular flexibility index (Phi) is 8.09. The fourth-order valence-electron chi connectivity index (χ4n) is 5.19. The zero-order chi connectivity index (χ0) is 28.4. The molecule has 0 saturated carbocycles. The van der Waals surface area contributed by atoms with Gasteiger partial charge in [-0.25, -0.2) is 9.37 Å². The fraction of sp³-hybridized carbons (Fsp3) is 0.448. The highest BCUT2D eigenvalue weighted by Crippen LogP contribution is 2.29. The van der Waals surface area contributed by atoms with Gasteiger partial charge in [-0.05, 0) is 41.7 Å². The van der Waals surface area contributed by atoms with Crippen LogP contribution in [0.1, 0.15) is 36.2 Å². The molecule has 0 radical (unpaired) electrons. The standard InChI is InChI=1S/C29H33ClFN5O4/c1-29(2)17-35(18-29)25(37)16-36-26-20(11-23(14-32-26)40-10-9-34-8-7-22(31)15-34)12-24(28(36)39)27(38)33-13-19-3-5-21(30)6-4-19/h3-6,11-12,14,22H,7-10,13,15-18H2,1-2H3,(H,33,38)/t22-/m0/s1. The Labute approximate surface area is 236 Å². The van der Waals surface area contributed by atoms with E-state index in [-0.39, 0.29) is 30.0 Å². The molecule has 1 N–H and O–H groups in total. The van der Waals surface area contributed by atoms with Crippen molar-refractivity contribution in [1.29, 1.82) is 0 Å². The largest absolute Gasteiger partial charge is 0.491 e. The molecule has 0 unspecified atom stereocenters. The van der Waals surface area contributed by atoms with Crippen LogP contribution < -0.4 is 15.6 Å². The molecule has 3 aromatic rings. The fourth-order valence-corrected chi connectivity index (χ4v) is 5.32. The molecule has 2 aliphatic heterocycles. The van der Waals surface area contributed by atoms with Crippen LogP contribution in [-0.2, 0) is 17.9 Å². The lowest BCUT2D eigenvalue weighted by Gasteiger charge is -2.45. The average molecular weight is 570 g/mol. The van der Waals surface area contributed by atoms with Crippen molar-refractivity contribution in [3.63, 3.8) is 0 Å². The second kappa shape index (κ2) is 11.5. The summed E-state index contributed by atoms with van der Waals surface area (Å²) in [4.78, 5) is 47.8. The molecule has 1 atom stereocenters. The zero-order valence-corrected chi connectivity index (χ0v) is 23.4. The quantitative estimate of drug-likeness (QED) is 0.425. The maximum absolute atomic E-state index is 13.5. The highest BCUT2D eigenvalue weighted by molar-refractivity contribution is 6.30. The number of benzene rings is 1. The van der Waals surface area contributed by atoms with Crippen LogP contribution >= 0.6 is 11.6 Å². The SMILES string of the molecule is CC1(C)CN(C(=O)Cn2c(=O)c(C(=O)NCc3ccc(Cl)cc3)cc3cc(OCCN4CC[C@H](F)C4)cnc32)C1. The molecule has 2 aromatic heterocycles. The number of likely N-dealkylation sites (tertiary alicyclic amines) is 2. The minimum Gasteiger partial charge on any atom is -0.491 e. The number of amides is 2. The lowest BCUT2D eigenvalue weighted by molar-refractivity contribution is -0.142. The van der Waals surface area contributed by atoms with Crippen molar-refractivity contribution in [2.24, 2.45) is 5.41 Å². The van der Waals surface area contributed by atoms with E-state index >= 15 is 0 Å². The first-order valence-electron chi connectivity index (χ1n) is 13.4. The molecular formula is C29H33ClFN5O4. The predicted molar refractivity (Wildman–Crippen MR) is 150 cm³/mol. The van der Waals surface area contributed by atoms with Crippen molar-refractivity contribution in [3.05, 3.63) is 69.1 Å². The topological polar surface area (TPSA) is 96.8 Å². The second-order valence-electron chi connectivity index (χ2n) is 11.3. The Bertz CT molecular complexity index is 1470. The van der Waals surface area contributed by atoms with Crippen LogP contribution in [0, 0.1) is 5.41 Å². The minimum absolute atomic E-state index is 0.0385. The third kappa shape index (κ3) is 6.45. The van der Waals surface area contributed by atoms with Crippen molar-refractivity contribution in [3.8, 4) is 5.75 Å². The van der Waals surface area contributed by atoms with Gasteiger partial charge in [-0.2, -0.15) is 0 Å². The van der Waals surface area contributed by atoms with Crippen LogP contribution in [0.3, 0.4) is 0 Å². The monoisotopic (exact) mass is 569 g/mol. The molecule has 11 heteroatoms. The summed E-state index contributed by atoms with van der Waals surface area (Å²) in [6.07, 6.45) is 1.23. The van der Waals surface area contributed by atoms with E-state index in [0.29, 0.717) is 67.6 Å². The third-order valence-corrected chi connectivity index (χ3v) is 7.54. The first-order valence-corrected chi connectivity index (χ1v) is 13.8. The van der Waals surface area contributed by atoms with Gasteiger partial charge in [0.05, 0.1) is 6.20 Å². The van der Waals surface area contributed by atoms with Crippen LogP contribution in [0.25, 0.3) is 11.0 Å². The number of nitrogens with zero attached hydrogens (tertiary/aromatic N) is 4. The molecule has 2 saturated heterocycles. The number of fused-ring (bicyclic) bond motifs is 1. The molecule has 2 amide bonds. The Morgan fingerprint density at radius 3 is 2.62 bits per heavy atom. The third-order valence-electron chi connectivity index (χ3n) is 7.29. The number of nitrogens with one attached hydrogen (secondary N) is 1. The van der Waals surface area contributed by atoms with Gasteiger partial charge in [0.1, 0.15) is 36.3 Å². The second-order valence-corrected chi connectivity index (χ2v) is 11.7. The molecular weight excluding hydrogens is 537 g/mol. The Hall–Kier alpha value is -3.50. The number of hydrogen-bond acceptors (Lipinski definition) is 6. The summed E-state index contributed by atoms with van der Waals surface area (Å²) in [6, 6.07) is 10.2. The van der Waals surface area contributed by atoms with E-state index in [4.69, 9.17) is 16.3 Å². The zero-order valence-electron chi connectivity index (χ0n) is 22.7. The van der Waals surface area contributed by atoms with Gasteiger partial charge in [0.25, 0.3) is 11.5 Å². The number of ether oxygens (including phenoxy) is 1. The number of halogens is 2. The summed E-state index contributed by atoms with van der Waals surface area (Å²) in [7, 11) is 0. The Morgan fingerprint density at radius 2 is 1.95 bits per heavy atom. The number of hydrogen-bond donors (Lipinski definition) is 1. The summed E-state index contributed by atoms with van der Waals surface area (Å²) in [5.41, 5.74) is 0.466. The Morgan fingerprint density at radius 1 is 1.20 bits per heavy atom. The molecule has 40 heavy (non-hydrogen) atoms. The van der Waals surface area contributed by atoms with Gasteiger partial charge in [-0.1, -0.05) is 37.6 Å². The summed E-state index contributed by atoms with van der Waals surface area (Å²) in [5, 5.41) is 3.86. The summed E-state index contributed by atoms with van der Waals surface area (Å²) in [6.45, 7) is 7.36. The van der Waals surface area contributed by atoms with Gasteiger partial charge in [-0.15, -0.1) is 0 Å². The van der Waals surface area contributed by atoms with Gasteiger partial charge >= 0.3 is 0 Å². The number of rotatable bonds is 9. The molecule has 2 aliphatic rings. The molecule has 0 spiro atoms. The van der Waals surface area contributed by atoms with Crippen LogP contribution in [0.15, 0.2) is 47.4 Å². The minimum atomic E-state index is -0.798. The highest BCUT2D eigenvalue weighted by atomic mass is 35.5. The van der Waals surface area contributed by atoms with Gasteiger partial charge in [0, 0.05) is 49.7 Å². The first-order chi connectivity index (χ1) is 19.1. The van der Waals surface area contributed by atoms with E-state index in [1.807, 2.05) is 4.90 Å². The number of carbonyl (C=O) groups is 2. The van der Waals surface area contributed by atoms with Crippen molar-refractivity contribution in [1.82, 2.24) is 24.7 Å². The van der Waals surface area contributed by atoms with Gasteiger partial charge in [0.15, 0.2) is 0 Å². The van der Waals surface area contributed by atoms with Gasteiger partial charge < -0.3 is 15.0 Å². The van der Waals surface area contributed by atoms with Crippen LogP contribution in [-0.4, -0.2) is 76.7 Å². The summed E-state index contributed by atoms with van der Waals surface area (Å²) in [5.74, 6) is -0.313. The molecule has 5 rings (SSSR count). The van der Waals surface area contributed by atoms with Gasteiger partial charge in [-0.3, -0.25) is 23.9 Å². The molecule has 1 aromatic carbocycles.